The smallest absolute Gasteiger partial charge is 0.307 e. The van der Waals surface area contributed by atoms with E-state index in [0.29, 0.717) is 10.8 Å². The van der Waals surface area contributed by atoms with Crippen molar-refractivity contribution in [2.45, 2.75) is 6.42 Å². The minimum Gasteiger partial charge on any atom is -0.481 e. The molecule has 0 radical (unpaired) electrons. The number of amides is 1. The minimum absolute atomic E-state index is 0.0744. The highest BCUT2D eigenvalue weighted by Crippen LogP contribution is 2.19. The Morgan fingerprint density at radius 1 is 1.60 bits per heavy atom. The summed E-state index contributed by atoms with van der Waals surface area (Å²) < 4.78 is 0. The lowest BCUT2D eigenvalue weighted by atomic mass is 10.1. The molecule has 0 saturated carbocycles. The van der Waals surface area contributed by atoms with Crippen molar-refractivity contribution in [1.29, 1.82) is 0 Å². The highest BCUT2D eigenvalue weighted by molar-refractivity contribution is 7.13. The van der Waals surface area contributed by atoms with E-state index >= 15 is 0 Å². The first-order valence-corrected chi connectivity index (χ1v) is 4.82. The van der Waals surface area contributed by atoms with E-state index in [-0.39, 0.29) is 12.0 Å². The van der Waals surface area contributed by atoms with Crippen LogP contribution in [0.2, 0.25) is 0 Å². The number of thiazole rings is 1. The largest absolute Gasteiger partial charge is 0.481 e. The third kappa shape index (κ3) is 3.06. The van der Waals surface area contributed by atoms with Crippen LogP contribution in [-0.4, -0.2) is 22.0 Å². The Hall–Kier alpha value is -1.89. The number of aliphatic carboxylic acids is 1. The first kappa shape index (κ1) is 11.2. The maximum atomic E-state index is 11.0. The fraction of sp³-hybridized carbons (Fsp3) is 0.125. The number of hydrogen-bond acceptors (Lipinski definition) is 5. The van der Waals surface area contributed by atoms with Crippen LogP contribution in [0.4, 0.5) is 5.13 Å². The van der Waals surface area contributed by atoms with E-state index < -0.39 is 11.9 Å². The molecule has 0 aliphatic carbocycles. The second kappa shape index (κ2) is 4.56. The Balaban J connectivity index is 2.98. The number of nitrogens with zero attached hydrogens (tertiary/aromatic N) is 1. The van der Waals surface area contributed by atoms with E-state index in [1.165, 1.54) is 6.08 Å². The number of nitrogens with two attached hydrogens (primary N) is 2. The Morgan fingerprint density at radius 2 is 2.27 bits per heavy atom. The zero-order valence-corrected chi connectivity index (χ0v) is 8.45. The molecule has 0 spiro atoms. The zero-order chi connectivity index (χ0) is 11.4. The fourth-order valence-corrected chi connectivity index (χ4v) is 1.50. The normalized spacial score (nSPS) is 11.3. The van der Waals surface area contributed by atoms with Gasteiger partial charge in [-0.3, -0.25) is 9.59 Å². The molecule has 0 aromatic carbocycles. The Bertz CT molecular complexity index is 425. The van der Waals surface area contributed by atoms with Crippen LogP contribution in [0.5, 0.6) is 0 Å². The Labute approximate surface area is 89.2 Å². The molecule has 7 heteroatoms. The SMILES string of the molecule is NC(=O)C(=CCC(=O)O)c1csc(N)n1. The Morgan fingerprint density at radius 3 is 2.67 bits per heavy atom. The quantitative estimate of drug-likeness (QED) is 0.629. The fourth-order valence-electron chi connectivity index (χ4n) is 0.932. The van der Waals surface area contributed by atoms with Crippen LogP contribution >= 0.6 is 11.3 Å². The molecule has 15 heavy (non-hydrogen) atoms. The summed E-state index contributed by atoms with van der Waals surface area (Å²) in [4.78, 5) is 25.2. The summed E-state index contributed by atoms with van der Waals surface area (Å²) >= 11 is 1.16. The number of rotatable bonds is 4. The molecular weight excluding hydrogens is 218 g/mol. The van der Waals surface area contributed by atoms with Crippen LogP contribution in [-0.2, 0) is 9.59 Å². The molecule has 0 aliphatic rings. The molecule has 0 atom stereocenters. The third-order valence-electron chi connectivity index (χ3n) is 1.54. The topological polar surface area (TPSA) is 119 Å². The van der Waals surface area contributed by atoms with Crippen molar-refractivity contribution < 1.29 is 14.7 Å². The van der Waals surface area contributed by atoms with E-state index in [1.54, 1.807) is 5.38 Å². The predicted molar refractivity (Wildman–Crippen MR) is 56.0 cm³/mol. The van der Waals surface area contributed by atoms with E-state index in [1.807, 2.05) is 0 Å². The Kier molecular flexibility index (Phi) is 3.40. The van der Waals surface area contributed by atoms with Crippen LogP contribution in [0.3, 0.4) is 0 Å². The standard InChI is InChI=1S/C8H9N3O3S/c9-7(14)4(1-2-6(12)13)5-3-15-8(10)11-5/h1,3H,2H2,(H2,9,14)(H2,10,11)(H,12,13). The summed E-state index contributed by atoms with van der Waals surface area (Å²) in [6, 6.07) is 0. The first-order valence-electron chi connectivity index (χ1n) is 3.94. The summed E-state index contributed by atoms with van der Waals surface area (Å²) in [7, 11) is 0. The molecule has 0 saturated heterocycles. The van der Waals surface area contributed by atoms with Crippen LogP contribution in [0.15, 0.2) is 11.5 Å². The summed E-state index contributed by atoms with van der Waals surface area (Å²) in [5.74, 6) is -1.77. The summed E-state index contributed by atoms with van der Waals surface area (Å²) in [5.41, 5.74) is 10.9. The van der Waals surface area contributed by atoms with E-state index in [4.69, 9.17) is 16.6 Å². The van der Waals surface area contributed by atoms with Gasteiger partial charge in [0.15, 0.2) is 5.13 Å². The van der Waals surface area contributed by atoms with Crippen molar-refractivity contribution in [3.05, 3.63) is 17.2 Å². The number of carbonyl (C=O) groups excluding carboxylic acids is 1. The summed E-state index contributed by atoms with van der Waals surface area (Å²) in [6.07, 6.45) is 0.939. The summed E-state index contributed by atoms with van der Waals surface area (Å²) in [6.45, 7) is 0. The molecule has 0 bridgehead atoms. The number of aromatic nitrogens is 1. The van der Waals surface area contributed by atoms with Crippen molar-refractivity contribution >= 4 is 33.9 Å². The number of hydrogen-bond donors (Lipinski definition) is 3. The lowest BCUT2D eigenvalue weighted by Crippen LogP contribution is -2.13. The average Bonchev–Trinajstić information content (AvgIpc) is 2.51. The first-order chi connectivity index (χ1) is 7.00. The van der Waals surface area contributed by atoms with Gasteiger partial charge in [-0.1, -0.05) is 6.08 Å². The predicted octanol–water partition coefficient (Wildman–Crippen LogP) is 0.0687. The van der Waals surface area contributed by atoms with Crippen molar-refractivity contribution in [1.82, 2.24) is 4.98 Å². The second-order valence-electron chi connectivity index (χ2n) is 2.65. The molecule has 0 aliphatic heterocycles. The van der Waals surface area contributed by atoms with Gasteiger partial charge in [-0.25, -0.2) is 4.98 Å². The number of carbonyl (C=O) groups is 2. The van der Waals surface area contributed by atoms with Crippen LogP contribution in [0.25, 0.3) is 5.57 Å². The number of anilines is 1. The van der Waals surface area contributed by atoms with E-state index in [9.17, 15) is 9.59 Å². The second-order valence-corrected chi connectivity index (χ2v) is 3.54. The maximum absolute atomic E-state index is 11.0. The lowest BCUT2D eigenvalue weighted by molar-refractivity contribution is -0.135. The third-order valence-corrected chi connectivity index (χ3v) is 2.22. The molecule has 5 N–H and O–H groups in total. The van der Waals surface area contributed by atoms with Gasteiger partial charge in [-0.2, -0.15) is 0 Å². The van der Waals surface area contributed by atoms with Gasteiger partial charge in [0.1, 0.15) is 0 Å². The molecule has 6 nitrogen and oxygen atoms in total. The minimum atomic E-state index is -1.04. The molecular formula is C8H9N3O3S. The highest BCUT2D eigenvalue weighted by atomic mass is 32.1. The van der Waals surface area contributed by atoms with Gasteiger partial charge >= 0.3 is 5.97 Å². The molecule has 0 unspecified atom stereocenters. The lowest BCUT2D eigenvalue weighted by Gasteiger charge is -1.97. The van der Waals surface area contributed by atoms with Gasteiger partial charge in [-0.05, 0) is 0 Å². The molecule has 1 rings (SSSR count). The van der Waals surface area contributed by atoms with Crippen molar-refractivity contribution in [3.8, 4) is 0 Å². The number of nitrogen functional groups attached to an aromatic ring is 1. The average molecular weight is 227 g/mol. The van der Waals surface area contributed by atoms with Crippen LogP contribution in [0, 0.1) is 0 Å². The van der Waals surface area contributed by atoms with Gasteiger partial charge in [0.2, 0.25) is 0 Å². The molecule has 80 valence electrons. The van der Waals surface area contributed by atoms with Crippen LogP contribution < -0.4 is 11.5 Å². The zero-order valence-electron chi connectivity index (χ0n) is 7.64. The molecule has 1 aromatic rings. The molecule has 1 amide bonds. The van der Waals surface area contributed by atoms with Gasteiger partial charge in [-0.15, -0.1) is 11.3 Å². The van der Waals surface area contributed by atoms with Crippen molar-refractivity contribution in [2.75, 3.05) is 5.73 Å². The number of carboxylic acid groups (broad SMARTS) is 1. The van der Waals surface area contributed by atoms with Gasteiger partial charge < -0.3 is 16.6 Å². The van der Waals surface area contributed by atoms with E-state index in [2.05, 4.69) is 4.98 Å². The van der Waals surface area contributed by atoms with Crippen molar-refractivity contribution in [2.24, 2.45) is 5.73 Å². The number of carboxylic acids is 1. The van der Waals surface area contributed by atoms with Gasteiger partial charge in [0.25, 0.3) is 5.91 Å². The maximum Gasteiger partial charge on any atom is 0.307 e. The monoisotopic (exact) mass is 227 g/mol. The van der Waals surface area contributed by atoms with Crippen LogP contribution in [0.1, 0.15) is 12.1 Å². The van der Waals surface area contributed by atoms with E-state index in [0.717, 1.165) is 11.3 Å². The molecule has 0 fully saturated rings. The number of primary amides is 1. The van der Waals surface area contributed by atoms with Gasteiger partial charge in [0.05, 0.1) is 17.7 Å². The summed E-state index contributed by atoms with van der Waals surface area (Å²) in [5, 5.41) is 10.3. The van der Waals surface area contributed by atoms with Gasteiger partial charge in [0, 0.05) is 5.38 Å². The highest BCUT2D eigenvalue weighted by Gasteiger charge is 2.11. The molecule has 1 aromatic heterocycles. The van der Waals surface area contributed by atoms with Crippen molar-refractivity contribution in [3.63, 3.8) is 0 Å². The molecule has 1 heterocycles.